The van der Waals surface area contributed by atoms with Gasteiger partial charge in [-0.15, -0.1) is 0 Å². The van der Waals surface area contributed by atoms with Gasteiger partial charge in [0, 0.05) is 30.9 Å². The average Bonchev–Trinajstić information content (AvgIpc) is 2.52. The quantitative estimate of drug-likeness (QED) is 0.658. The number of carbonyl (C=O) groups is 1. The topological polar surface area (TPSA) is 57.6 Å². The molecule has 1 fully saturated rings. The van der Waals surface area contributed by atoms with Crippen molar-refractivity contribution in [3.63, 3.8) is 0 Å². The number of aromatic nitrogens is 1. The molecule has 0 atom stereocenters. The number of rotatable bonds is 5. The van der Waals surface area contributed by atoms with Crippen molar-refractivity contribution >= 4 is 11.6 Å². The van der Waals surface area contributed by atoms with Crippen LogP contribution in [0.1, 0.15) is 38.2 Å². The fourth-order valence-corrected chi connectivity index (χ4v) is 2.29. The highest BCUT2D eigenvalue weighted by molar-refractivity contribution is 5.98. The molecule has 0 spiro atoms. The predicted octanol–water partition coefficient (Wildman–Crippen LogP) is 1.80. The predicted molar refractivity (Wildman–Crippen MR) is 79.5 cm³/mol. The summed E-state index contributed by atoms with van der Waals surface area (Å²) < 4.78 is 0. The lowest BCUT2D eigenvalue weighted by atomic mass is 10.1. The highest BCUT2D eigenvalue weighted by Gasteiger charge is 2.11. The van der Waals surface area contributed by atoms with Gasteiger partial charge in [0.2, 0.25) is 5.91 Å². The first kappa shape index (κ1) is 14.7. The molecule has 0 bridgehead atoms. The molecule has 0 aliphatic carbocycles. The maximum atomic E-state index is 11.8. The number of pyridine rings is 1. The molecule has 1 aliphatic heterocycles. The molecule has 0 saturated carbocycles. The van der Waals surface area contributed by atoms with Gasteiger partial charge in [-0.3, -0.25) is 9.78 Å². The van der Waals surface area contributed by atoms with Gasteiger partial charge in [0.15, 0.2) is 0 Å². The average molecular weight is 274 g/mol. The molecular formula is C15H22N4O. The molecule has 1 saturated heterocycles. The Bertz CT molecular complexity index is 452. The van der Waals surface area contributed by atoms with E-state index >= 15 is 0 Å². The summed E-state index contributed by atoms with van der Waals surface area (Å²) in [5, 5.41) is 4.12. The number of hydrogen-bond acceptors (Lipinski definition) is 4. The monoisotopic (exact) mass is 274 g/mol. The van der Waals surface area contributed by atoms with Crippen LogP contribution in [-0.4, -0.2) is 41.1 Å². The number of hydrazone groups is 1. The van der Waals surface area contributed by atoms with Crippen molar-refractivity contribution in [1.29, 1.82) is 0 Å². The third-order valence-corrected chi connectivity index (χ3v) is 3.53. The lowest BCUT2D eigenvalue weighted by Crippen LogP contribution is -2.33. The molecule has 1 amide bonds. The van der Waals surface area contributed by atoms with Crippen molar-refractivity contribution in [3.05, 3.63) is 30.1 Å². The first-order valence-electron chi connectivity index (χ1n) is 7.21. The van der Waals surface area contributed by atoms with Gasteiger partial charge in [0.05, 0.1) is 5.71 Å². The van der Waals surface area contributed by atoms with Crippen molar-refractivity contribution < 1.29 is 4.79 Å². The maximum absolute atomic E-state index is 11.8. The van der Waals surface area contributed by atoms with Crippen LogP contribution in [0.15, 0.2) is 29.6 Å². The van der Waals surface area contributed by atoms with Crippen LogP contribution in [0.2, 0.25) is 0 Å². The number of amides is 1. The molecule has 1 aliphatic rings. The Morgan fingerprint density at radius 3 is 2.90 bits per heavy atom. The highest BCUT2D eigenvalue weighted by Crippen LogP contribution is 2.08. The van der Waals surface area contributed by atoms with Gasteiger partial charge in [-0.25, -0.2) is 5.43 Å². The van der Waals surface area contributed by atoms with Crippen LogP contribution in [0.4, 0.5) is 0 Å². The van der Waals surface area contributed by atoms with E-state index in [1.165, 1.54) is 19.3 Å². The smallest absolute Gasteiger partial charge is 0.241 e. The van der Waals surface area contributed by atoms with Gasteiger partial charge in [-0.05, 0) is 38.9 Å². The van der Waals surface area contributed by atoms with Crippen molar-refractivity contribution in [2.24, 2.45) is 5.10 Å². The normalized spacial score (nSPS) is 16.9. The number of nitrogens with zero attached hydrogens (tertiary/aromatic N) is 3. The van der Waals surface area contributed by atoms with E-state index in [2.05, 4.69) is 20.4 Å². The second-order valence-electron chi connectivity index (χ2n) is 5.13. The van der Waals surface area contributed by atoms with Crippen LogP contribution in [0.5, 0.6) is 0 Å². The van der Waals surface area contributed by atoms with Crippen molar-refractivity contribution in [2.45, 2.75) is 32.6 Å². The van der Waals surface area contributed by atoms with Gasteiger partial charge < -0.3 is 4.90 Å². The standard InChI is InChI=1S/C15H22N4O/c1-13(14-6-5-8-16-12-14)17-18-15(20)7-11-19-9-3-2-4-10-19/h5-6,8,12H,2-4,7,9-11H2,1H3,(H,18,20)/b17-13+. The zero-order valence-electron chi connectivity index (χ0n) is 12.0. The Morgan fingerprint density at radius 1 is 1.40 bits per heavy atom. The maximum Gasteiger partial charge on any atom is 0.241 e. The SMILES string of the molecule is C/C(=N\NC(=O)CCN1CCCCC1)c1cccnc1. The molecule has 108 valence electrons. The molecule has 2 heterocycles. The fourth-order valence-electron chi connectivity index (χ4n) is 2.29. The van der Waals surface area contributed by atoms with Gasteiger partial charge in [-0.1, -0.05) is 12.5 Å². The molecule has 0 radical (unpaired) electrons. The van der Waals surface area contributed by atoms with E-state index in [0.29, 0.717) is 6.42 Å². The Labute approximate surface area is 120 Å². The number of hydrogen-bond donors (Lipinski definition) is 1. The number of nitrogens with one attached hydrogen (secondary N) is 1. The van der Waals surface area contributed by atoms with Crippen LogP contribution >= 0.6 is 0 Å². The number of likely N-dealkylation sites (tertiary alicyclic amines) is 1. The minimum absolute atomic E-state index is 0.0289. The summed E-state index contributed by atoms with van der Waals surface area (Å²) in [4.78, 5) is 18.1. The van der Waals surface area contributed by atoms with E-state index in [1.807, 2.05) is 19.1 Å². The van der Waals surface area contributed by atoms with Crippen molar-refractivity contribution in [2.75, 3.05) is 19.6 Å². The summed E-state index contributed by atoms with van der Waals surface area (Å²) in [7, 11) is 0. The van der Waals surface area contributed by atoms with Crippen LogP contribution in [0, 0.1) is 0 Å². The second kappa shape index (κ2) is 7.75. The molecule has 0 aromatic carbocycles. The van der Waals surface area contributed by atoms with Crippen LogP contribution in [-0.2, 0) is 4.79 Å². The first-order chi connectivity index (χ1) is 9.75. The molecule has 20 heavy (non-hydrogen) atoms. The van der Waals surface area contributed by atoms with E-state index in [0.717, 1.165) is 30.9 Å². The zero-order valence-corrected chi connectivity index (χ0v) is 12.0. The van der Waals surface area contributed by atoms with Gasteiger partial charge in [0.1, 0.15) is 0 Å². The zero-order chi connectivity index (χ0) is 14.2. The lowest BCUT2D eigenvalue weighted by molar-refractivity contribution is -0.121. The van der Waals surface area contributed by atoms with Crippen molar-refractivity contribution in [3.8, 4) is 0 Å². The molecule has 1 N–H and O–H groups in total. The third kappa shape index (κ3) is 4.74. The fraction of sp³-hybridized carbons (Fsp3) is 0.533. The van der Waals surface area contributed by atoms with Gasteiger partial charge in [0.25, 0.3) is 0 Å². The van der Waals surface area contributed by atoms with E-state index < -0.39 is 0 Å². The number of piperidine rings is 1. The summed E-state index contributed by atoms with van der Waals surface area (Å²) in [6, 6.07) is 3.78. The highest BCUT2D eigenvalue weighted by atomic mass is 16.2. The summed E-state index contributed by atoms with van der Waals surface area (Å²) in [6.45, 7) is 4.92. The largest absolute Gasteiger partial charge is 0.303 e. The van der Waals surface area contributed by atoms with E-state index in [1.54, 1.807) is 12.4 Å². The minimum Gasteiger partial charge on any atom is -0.303 e. The molecule has 5 nitrogen and oxygen atoms in total. The van der Waals surface area contributed by atoms with E-state index in [4.69, 9.17) is 0 Å². The minimum atomic E-state index is -0.0289. The molecule has 1 aromatic rings. The van der Waals surface area contributed by atoms with Crippen LogP contribution in [0.3, 0.4) is 0 Å². The Hall–Kier alpha value is -1.75. The third-order valence-electron chi connectivity index (χ3n) is 3.53. The Morgan fingerprint density at radius 2 is 2.20 bits per heavy atom. The number of carbonyl (C=O) groups excluding carboxylic acids is 1. The lowest BCUT2D eigenvalue weighted by Gasteiger charge is -2.25. The first-order valence-corrected chi connectivity index (χ1v) is 7.21. The summed E-state index contributed by atoms with van der Waals surface area (Å²) in [5.41, 5.74) is 4.30. The van der Waals surface area contributed by atoms with Gasteiger partial charge in [-0.2, -0.15) is 5.10 Å². The molecular weight excluding hydrogens is 252 g/mol. The molecule has 1 aromatic heterocycles. The molecule has 0 unspecified atom stereocenters. The Kier molecular flexibility index (Phi) is 5.68. The van der Waals surface area contributed by atoms with Gasteiger partial charge >= 0.3 is 0 Å². The summed E-state index contributed by atoms with van der Waals surface area (Å²) >= 11 is 0. The summed E-state index contributed by atoms with van der Waals surface area (Å²) in [5.74, 6) is -0.0289. The molecule has 2 rings (SSSR count). The second-order valence-corrected chi connectivity index (χ2v) is 5.13. The Balaban J connectivity index is 1.74. The van der Waals surface area contributed by atoms with Crippen LogP contribution < -0.4 is 5.43 Å². The van der Waals surface area contributed by atoms with E-state index in [9.17, 15) is 4.79 Å². The molecule has 5 heteroatoms. The van der Waals surface area contributed by atoms with Crippen molar-refractivity contribution in [1.82, 2.24) is 15.3 Å². The van der Waals surface area contributed by atoms with E-state index in [-0.39, 0.29) is 5.91 Å². The van der Waals surface area contributed by atoms with Crippen LogP contribution in [0.25, 0.3) is 0 Å². The summed E-state index contributed by atoms with van der Waals surface area (Å²) in [6.07, 6.45) is 7.77.